The Balaban J connectivity index is 2.22. The summed E-state index contributed by atoms with van der Waals surface area (Å²) < 4.78 is 11.2. The molecule has 3 rings (SSSR count). The third-order valence-corrected chi connectivity index (χ3v) is 5.55. The molecular weight excluding hydrogens is 426 g/mol. The number of carbonyl (C=O) groups is 2. The number of nitrogens with one attached hydrogen (secondary N) is 1. The minimum Gasteiger partial charge on any atom is -0.503 e. The number of aromatic hydroxyl groups is 1. The van der Waals surface area contributed by atoms with E-state index in [2.05, 4.69) is 21.2 Å². The Morgan fingerprint density at radius 1 is 1.32 bits per heavy atom. The Kier molecular flexibility index (Phi) is 5.84. The summed E-state index contributed by atoms with van der Waals surface area (Å²) in [6.45, 7) is 5.39. The summed E-state index contributed by atoms with van der Waals surface area (Å²) in [6.07, 6.45) is 1.68. The van der Waals surface area contributed by atoms with Crippen LogP contribution in [0, 0.1) is 0 Å². The van der Waals surface area contributed by atoms with Gasteiger partial charge in [-0.25, -0.2) is 4.79 Å². The third kappa shape index (κ3) is 3.68. The number of phenolic OH excluding ortho intramolecular Hbond substituents is 1. The molecule has 150 valence electrons. The molecule has 0 amide bonds. The van der Waals surface area contributed by atoms with Crippen molar-refractivity contribution in [2.24, 2.45) is 0 Å². The maximum absolute atomic E-state index is 12.9. The maximum atomic E-state index is 12.9. The monoisotopic (exact) mass is 449 g/mol. The van der Waals surface area contributed by atoms with E-state index >= 15 is 0 Å². The first-order valence-electron chi connectivity index (χ1n) is 9.26. The molecule has 0 radical (unpaired) electrons. The molecular formula is C21H24BrNO5. The molecule has 0 saturated heterocycles. The van der Waals surface area contributed by atoms with Crippen molar-refractivity contribution in [1.29, 1.82) is 0 Å². The summed E-state index contributed by atoms with van der Waals surface area (Å²) in [5.41, 5.74) is 3.20. The average Bonchev–Trinajstić information content (AvgIpc) is 2.62. The molecule has 1 heterocycles. The highest BCUT2D eigenvalue weighted by Crippen LogP contribution is 2.46. The highest BCUT2D eigenvalue weighted by molar-refractivity contribution is 9.10. The number of benzene rings is 1. The Morgan fingerprint density at radius 2 is 2.04 bits per heavy atom. The molecule has 0 fully saturated rings. The van der Waals surface area contributed by atoms with Crippen LogP contribution in [0.2, 0.25) is 0 Å². The molecule has 2 N–H and O–H groups in total. The van der Waals surface area contributed by atoms with Crippen molar-refractivity contribution in [2.45, 2.75) is 52.1 Å². The van der Waals surface area contributed by atoms with Crippen molar-refractivity contribution in [2.75, 3.05) is 7.11 Å². The second-order valence-electron chi connectivity index (χ2n) is 7.27. The Morgan fingerprint density at radius 3 is 2.68 bits per heavy atom. The number of esters is 1. The van der Waals surface area contributed by atoms with E-state index < -0.39 is 11.9 Å². The van der Waals surface area contributed by atoms with Crippen molar-refractivity contribution in [3.63, 3.8) is 0 Å². The zero-order valence-corrected chi connectivity index (χ0v) is 18.0. The first kappa shape index (κ1) is 20.5. The number of hydrogen-bond acceptors (Lipinski definition) is 6. The summed E-state index contributed by atoms with van der Waals surface area (Å²) in [6, 6.07) is 3.38. The number of rotatable bonds is 4. The highest BCUT2D eigenvalue weighted by atomic mass is 79.9. The molecule has 2 aliphatic rings. The summed E-state index contributed by atoms with van der Waals surface area (Å²) >= 11 is 3.34. The lowest BCUT2D eigenvalue weighted by Gasteiger charge is -2.34. The average molecular weight is 450 g/mol. The van der Waals surface area contributed by atoms with Gasteiger partial charge in [0.25, 0.3) is 0 Å². The predicted molar refractivity (Wildman–Crippen MR) is 108 cm³/mol. The van der Waals surface area contributed by atoms with Crippen LogP contribution in [0.3, 0.4) is 0 Å². The lowest BCUT2D eigenvalue weighted by atomic mass is 9.75. The lowest BCUT2D eigenvalue weighted by molar-refractivity contribution is -0.143. The van der Waals surface area contributed by atoms with Gasteiger partial charge in [-0.05, 0) is 67.2 Å². The van der Waals surface area contributed by atoms with E-state index in [4.69, 9.17) is 9.47 Å². The van der Waals surface area contributed by atoms with Crippen LogP contribution in [0.1, 0.15) is 51.5 Å². The van der Waals surface area contributed by atoms with Gasteiger partial charge in [0.15, 0.2) is 17.3 Å². The lowest BCUT2D eigenvalue weighted by Crippen LogP contribution is -2.35. The topological polar surface area (TPSA) is 84.9 Å². The molecule has 0 spiro atoms. The Bertz CT molecular complexity index is 900. The molecule has 1 aromatic carbocycles. The van der Waals surface area contributed by atoms with Gasteiger partial charge in [0.05, 0.1) is 23.3 Å². The van der Waals surface area contributed by atoms with Crippen LogP contribution in [-0.4, -0.2) is 30.1 Å². The number of phenols is 1. The quantitative estimate of drug-likeness (QED) is 0.673. The molecule has 0 unspecified atom stereocenters. The van der Waals surface area contributed by atoms with Crippen LogP contribution in [0.5, 0.6) is 11.5 Å². The van der Waals surface area contributed by atoms with E-state index in [1.807, 2.05) is 6.92 Å². The van der Waals surface area contributed by atoms with Crippen LogP contribution >= 0.6 is 15.9 Å². The van der Waals surface area contributed by atoms with Gasteiger partial charge in [-0.3, -0.25) is 4.79 Å². The Labute approximate surface area is 172 Å². The van der Waals surface area contributed by atoms with E-state index in [1.54, 1.807) is 26.0 Å². The van der Waals surface area contributed by atoms with E-state index in [0.717, 1.165) is 18.5 Å². The summed E-state index contributed by atoms with van der Waals surface area (Å²) in [5.74, 6) is -0.789. The molecule has 6 nitrogen and oxygen atoms in total. The molecule has 1 aliphatic heterocycles. The van der Waals surface area contributed by atoms with Gasteiger partial charge in [0.2, 0.25) is 0 Å². The van der Waals surface area contributed by atoms with Gasteiger partial charge in [0, 0.05) is 29.3 Å². The minimum absolute atomic E-state index is 0.0178. The van der Waals surface area contributed by atoms with Crippen molar-refractivity contribution in [3.05, 3.63) is 44.7 Å². The molecule has 0 aromatic heterocycles. The summed E-state index contributed by atoms with van der Waals surface area (Å²) in [7, 11) is 1.46. The molecule has 1 aromatic rings. The van der Waals surface area contributed by atoms with E-state index in [-0.39, 0.29) is 23.4 Å². The SMILES string of the molecule is COc1cc([C@@H]2C(C(=O)OC(C)C)=C(C)NC3=C2C(=O)CCC3)cc(Br)c1O. The van der Waals surface area contributed by atoms with Gasteiger partial charge in [-0.15, -0.1) is 0 Å². The largest absolute Gasteiger partial charge is 0.503 e. The molecule has 0 bridgehead atoms. The number of dihydropyridines is 1. The first-order valence-corrected chi connectivity index (χ1v) is 10.0. The van der Waals surface area contributed by atoms with E-state index in [9.17, 15) is 14.7 Å². The van der Waals surface area contributed by atoms with Crippen molar-refractivity contribution in [3.8, 4) is 11.5 Å². The van der Waals surface area contributed by atoms with Crippen LogP contribution in [0.4, 0.5) is 0 Å². The standard InChI is InChI=1S/C21H24BrNO5/c1-10(2)28-21(26)17-11(3)23-14-6-5-7-15(24)19(14)18(17)12-8-13(22)20(25)16(9-12)27-4/h8-10,18,23,25H,5-7H2,1-4H3/t18-/m1/s1. The van der Waals surface area contributed by atoms with Crippen LogP contribution in [0.15, 0.2) is 39.1 Å². The first-order chi connectivity index (χ1) is 13.2. The smallest absolute Gasteiger partial charge is 0.337 e. The number of carbonyl (C=O) groups excluding carboxylic acids is 2. The number of halogens is 1. The fourth-order valence-electron chi connectivity index (χ4n) is 3.78. The van der Waals surface area contributed by atoms with Gasteiger partial charge in [0.1, 0.15) is 0 Å². The second kappa shape index (κ2) is 7.99. The molecule has 1 atom stereocenters. The summed E-state index contributed by atoms with van der Waals surface area (Å²) in [4.78, 5) is 25.8. The van der Waals surface area contributed by atoms with Crippen LogP contribution in [-0.2, 0) is 14.3 Å². The van der Waals surface area contributed by atoms with Gasteiger partial charge in [-0.1, -0.05) is 0 Å². The van der Waals surface area contributed by atoms with Crippen molar-refractivity contribution >= 4 is 27.7 Å². The number of methoxy groups -OCH3 is 1. The van der Waals surface area contributed by atoms with E-state index in [0.29, 0.717) is 33.3 Å². The zero-order chi connectivity index (χ0) is 20.6. The number of ketones is 1. The normalized spacial score (nSPS) is 19.5. The van der Waals surface area contributed by atoms with E-state index in [1.165, 1.54) is 7.11 Å². The fourth-order valence-corrected chi connectivity index (χ4v) is 4.24. The second-order valence-corrected chi connectivity index (χ2v) is 8.13. The van der Waals surface area contributed by atoms with Crippen LogP contribution in [0.25, 0.3) is 0 Å². The highest BCUT2D eigenvalue weighted by Gasteiger charge is 2.39. The maximum Gasteiger partial charge on any atom is 0.337 e. The third-order valence-electron chi connectivity index (χ3n) is 4.94. The predicted octanol–water partition coefficient (Wildman–Crippen LogP) is 4.08. The molecule has 0 saturated carbocycles. The molecule has 7 heteroatoms. The van der Waals surface area contributed by atoms with Gasteiger partial charge < -0.3 is 19.9 Å². The van der Waals surface area contributed by atoms with Gasteiger partial charge in [-0.2, -0.15) is 0 Å². The van der Waals surface area contributed by atoms with Gasteiger partial charge >= 0.3 is 5.97 Å². The Hall–Kier alpha value is -2.28. The van der Waals surface area contributed by atoms with Crippen molar-refractivity contribution < 1.29 is 24.2 Å². The summed E-state index contributed by atoms with van der Waals surface area (Å²) in [5, 5.41) is 13.4. The number of ether oxygens (including phenoxy) is 2. The van der Waals surface area contributed by atoms with Crippen molar-refractivity contribution in [1.82, 2.24) is 5.32 Å². The van der Waals surface area contributed by atoms with Crippen LogP contribution < -0.4 is 10.1 Å². The number of hydrogen-bond donors (Lipinski definition) is 2. The minimum atomic E-state index is -0.582. The number of Topliss-reactive ketones (excluding diaryl/α,β-unsaturated/α-hetero) is 1. The zero-order valence-electron chi connectivity index (χ0n) is 16.4. The number of allylic oxidation sites excluding steroid dienone is 3. The molecule has 1 aliphatic carbocycles. The fraction of sp³-hybridized carbons (Fsp3) is 0.429. The molecule has 28 heavy (non-hydrogen) atoms.